The summed E-state index contributed by atoms with van der Waals surface area (Å²) in [5, 5.41) is 3.30. The molecule has 1 heterocycles. The number of nitrogens with two attached hydrogens (primary N) is 1. The molecule has 0 saturated carbocycles. The second-order valence-corrected chi connectivity index (χ2v) is 4.26. The van der Waals surface area contributed by atoms with Crippen molar-refractivity contribution in [1.29, 1.82) is 0 Å². The van der Waals surface area contributed by atoms with Gasteiger partial charge in [0.25, 0.3) is 0 Å². The monoisotopic (exact) mass is 258 g/mol. The number of aromatic nitrogens is 2. The van der Waals surface area contributed by atoms with Crippen LogP contribution in [0.15, 0.2) is 30.6 Å². The minimum atomic E-state index is 0.492. The summed E-state index contributed by atoms with van der Waals surface area (Å²) in [4.78, 5) is 8.18. The highest BCUT2D eigenvalue weighted by atomic mass is 16.5. The second-order valence-electron chi connectivity index (χ2n) is 4.26. The molecule has 0 amide bonds. The van der Waals surface area contributed by atoms with Gasteiger partial charge in [-0.15, -0.1) is 0 Å². The summed E-state index contributed by atoms with van der Waals surface area (Å²) >= 11 is 0. The van der Waals surface area contributed by atoms with E-state index in [1.54, 1.807) is 7.11 Å². The Morgan fingerprint density at radius 1 is 1.26 bits per heavy atom. The zero-order valence-electron chi connectivity index (χ0n) is 11.2. The Balaban J connectivity index is 2.25. The summed E-state index contributed by atoms with van der Waals surface area (Å²) in [5.74, 6) is 1.23. The molecule has 0 aliphatic heterocycles. The topological polar surface area (TPSA) is 73.1 Å². The van der Waals surface area contributed by atoms with Crippen LogP contribution in [0.5, 0.6) is 0 Å². The number of nitrogens with one attached hydrogen (secondary N) is 1. The lowest BCUT2D eigenvalue weighted by molar-refractivity contribution is 0.202. The summed E-state index contributed by atoms with van der Waals surface area (Å²) in [7, 11) is 1.70. The Bertz CT molecular complexity index is 557. The van der Waals surface area contributed by atoms with Gasteiger partial charge in [-0.3, -0.25) is 0 Å². The van der Waals surface area contributed by atoms with Crippen LogP contribution in [-0.4, -0.2) is 23.7 Å². The molecule has 100 valence electrons. The molecule has 1 aromatic heterocycles. The Morgan fingerprint density at radius 3 is 2.84 bits per heavy atom. The van der Waals surface area contributed by atoms with E-state index in [4.69, 9.17) is 10.5 Å². The number of para-hydroxylation sites is 1. The molecule has 5 heteroatoms. The molecule has 1 aromatic carbocycles. The van der Waals surface area contributed by atoms with E-state index in [1.165, 1.54) is 11.9 Å². The van der Waals surface area contributed by atoms with E-state index in [9.17, 15) is 0 Å². The molecule has 0 bridgehead atoms. The first-order chi connectivity index (χ1) is 9.22. The SMILES string of the molecule is COCCc1ccccc1Nc1ncnc(N)c1C. The zero-order chi connectivity index (χ0) is 13.7. The van der Waals surface area contributed by atoms with Crippen molar-refractivity contribution in [3.8, 4) is 0 Å². The average Bonchev–Trinajstić information content (AvgIpc) is 2.43. The molecule has 3 N–H and O–H groups in total. The normalized spacial score (nSPS) is 10.4. The van der Waals surface area contributed by atoms with Crippen molar-refractivity contribution in [3.63, 3.8) is 0 Å². The Kier molecular flexibility index (Phi) is 4.30. The summed E-state index contributed by atoms with van der Waals surface area (Å²) < 4.78 is 5.12. The van der Waals surface area contributed by atoms with Gasteiger partial charge in [0.05, 0.1) is 6.61 Å². The van der Waals surface area contributed by atoms with Gasteiger partial charge in [0.15, 0.2) is 0 Å². The van der Waals surface area contributed by atoms with Crippen molar-refractivity contribution < 1.29 is 4.74 Å². The first kappa shape index (κ1) is 13.3. The van der Waals surface area contributed by atoms with Gasteiger partial charge in [-0.25, -0.2) is 9.97 Å². The van der Waals surface area contributed by atoms with Crippen LogP contribution in [0.25, 0.3) is 0 Å². The van der Waals surface area contributed by atoms with Crippen LogP contribution in [-0.2, 0) is 11.2 Å². The van der Waals surface area contributed by atoms with Crippen molar-refractivity contribution in [3.05, 3.63) is 41.7 Å². The molecule has 0 spiro atoms. The number of methoxy groups -OCH3 is 1. The largest absolute Gasteiger partial charge is 0.384 e. The summed E-state index contributed by atoms with van der Waals surface area (Å²) in [6.07, 6.45) is 2.31. The number of nitrogen functional groups attached to an aromatic ring is 1. The van der Waals surface area contributed by atoms with Crippen molar-refractivity contribution >= 4 is 17.3 Å². The van der Waals surface area contributed by atoms with E-state index in [0.29, 0.717) is 12.4 Å². The second kappa shape index (κ2) is 6.15. The highest BCUT2D eigenvalue weighted by Crippen LogP contribution is 2.23. The third kappa shape index (κ3) is 3.20. The predicted octanol–water partition coefficient (Wildman–Crippen LogP) is 2.30. The van der Waals surface area contributed by atoms with Crippen LogP contribution in [0, 0.1) is 6.92 Å². The lowest BCUT2D eigenvalue weighted by atomic mass is 10.1. The highest BCUT2D eigenvalue weighted by molar-refractivity contribution is 5.65. The smallest absolute Gasteiger partial charge is 0.138 e. The van der Waals surface area contributed by atoms with Gasteiger partial charge in [0.2, 0.25) is 0 Å². The minimum Gasteiger partial charge on any atom is -0.384 e. The van der Waals surface area contributed by atoms with Gasteiger partial charge in [-0.1, -0.05) is 18.2 Å². The number of hydrogen-bond acceptors (Lipinski definition) is 5. The van der Waals surface area contributed by atoms with Gasteiger partial charge in [0, 0.05) is 18.4 Å². The fourth-order valence-corrected chi connectivity index (χ4v) is 1.79. The molecule has 0 unspecified atom stereocenters. The molecular weight excluding hydrogens is 240 g/mol. The van der Waals surface area contributed by atoms with Crippen molar-refractivity contribution in [2.24, 2.45) is 0 Å². The number of benzene rings is 1. The zero-order valence-corrected chi connectivity index (χ0v) is 11.2. The lowest BCUT2D eigenvalue weighted by Crippen LogP contribution is -2.04. The third-order valence-electron chi connectivity index (χ3n) is 2.97. The van der Waals surface area contributed by atoms with Gasteiger partial charge < -0.3 is 15.8 Å². The maximum Gasteiger partial charge on any atom is 0.138 e. The highest BCUT2D eigenvalue weighted by Gasteiger charge is 2.07. The number of anilines is 3. The fraction of sp³-hybridized carbons (Fsp3) is 0.286. The molecule has 5 nitrogen and oxygen atoms in total. The van der Waals surface area contributed by atoms with E-state index >= 15 is 0 Å². The van der Waals surface area contributed by atoms with Crippen LogP contribution in [0.4, 0.5) is 17.3 Å². The van der Waals surface area contributed by atoms with Gasteiger partial charge >= 0.3 is 0 Å². The van der Waals surface area contributed by atoms with Crippen molar-refractivity contribution in [2.75, 3.05) is 24.8 Å². The molecule has 2 aromatic rings. The molecule has 0 radical (unpaired) electrons. The number of ether oxygens (including phenoxy) is 1. The van der Waals surface area contributed by atoms with E-state index < -0.39 is 0 Å². The van der Waals surface area contributed by atoms with Crippen LogP contribution in [0.2, 0.25) is 0 Å². The van der Waals surface area contributed by atoms with E-state index in [-0.39, 0.29) is 0 Å². The van der Waals surface area contributed by atoms with E-state index in [0.717, 1.165) is 23.5 Å². The predicted molar refractivity (Wildman–Crippen MR) is 76.5 cm³/mol. The van der Waals surface area contributed by atoms with Gasteiger partial charge in [-0.05, 0) is 25.0 Å². The minimum absolute atomic E-state index is 0.492. The van der Waals surface area contributed by atoms with Crippen molar-refractivity contribution in [2.45, 2.75) is 13.3 Å². The molecule has 0 aliphatic carbocycles. The van der Waals surface area contributed by atoms with Gasteiger partial charge in [-0.2, -0.15) is 0 Å². The third-order valence-corrected chi connectivity index (χ3v) is 2.97. The maximum absolute atomic E-state index is 5.78. The van der Waals surface area contributed by atoms with Crippen molar-refractivity contribution in [1.82, 2.24) is 9.97 Å². The van der Waals surface area contributed by atoms with Crippen LogP contribution in [0.3, 0.4) is 0 Å². The average molecular weight is 258 g/mol. The molecule has 0 fully saturated rings. The molecule has 0 saturated heterocycles. The first-order valence-corrected chi connectivity index (χ1v) is 6.13. The van der Waals surface area contributed by atoms with Gasteiger partial charge in [0.1, 0.15) is 18.0 Å². The summed E-state index contributed by atoms with van der Waals surface area (Å²) in [5.41, 5.74) is 8.83. The van der Waals surface area contributed by atoms with Crippen LogP contribution >= 0.6 is 0 Å². The molecule has 2 rings (SSSR count). The van der Waals surface area contributed by atoms with E-state index in [2.05, 4.69) is 21.4 Å². The van der Waals surface area contributed by atoms with Crippen LogP contribution in [0.1, 0.15) is 11.1 Å². The number of rotatable bonds is 5. The first-order valence-electron chi connectivity index (χ1n) is 6.13. The van der Waals surface area contributed by atoms with Crippen LogP contribution < -0.4 is 11.1 Å². The lowest BCUT2D eigenvalue weighted by Gasteiger charge is -2.13. The number of hydrogen-bond donors (Lipinski definition) is 2. The molecule has 19 heavy (non-hydrogen) atoms. The Morgan fingerprint density at radius 2 is 2.05 bits per heavy atom. The summed E-state index contributed by atoms with van der Waals surface area (Å²) in [6, 6.07) is 8.08. The molecule has 0 atom stereocenters. The van der Waals surface area contributed by atoms with E-state index in [1.807, 2.05) is 25.1 Å². The quantitative estimate of drug-likeness (QED) is 0.861. The Labute approximate surface area is 112 Å². The molecule has 0 aliphatic rings. The fourth-order valence-electron chi connectivity index (χ4n) is 1.79. The maximum atomic E-state index is 5.78. The summed E-state index contributed by atoms with van der Waals surface area (Å²) in [6.45, 7) is 2.58. The number of nitrogens with zero attached hydrogens (tertiary/aromatic N) is 2. The molecular formula is C14H18N4O. The standard InChI is InChI=1S/C14H18N4O/c1-10-13(15)16-9-17-14(10)18-12-6-4-3-5-11(12)7-8-19-2/h3-6,9H,7-8H2,1-2H3,(H3,15,16,17,18). The Hall–Kier alpha value is -2.14.